The Kier molecular flexibility index (Phi) is 5.64. The van der Waals surface area contributed by atoms with Crippen LogP contribution in [0.4, 0.5) is 0 Å². The summed E-state index contributed by atoms with van der Waals surface area (Å²) < 4.78 is 6.03. The van der Waals surface area contributed by atoms with Crippen LogP contribution in [0.5, 0.6) is 0 Å². The Morgan fingerprint density at radius 1 is 1.18 bits per heavy atom. The highest BCUT2D eigenvalue weighted by molar-refractivity contribution is 5.87. The highest BCUT2D eigenvalue weighted by Gasteiger charge is 2.43. The maximum atomic E-state index is 12.4. The molecule has 1 aliphatic rings. The molecule has 0 N–H and O–H groups in total. The van der Waals surface area contributed by atoms with Crippen molar-refractivity contribution in [3.05, 3.63) is 0 Å². The molecule has 0 aliphatic heterocycles. The van der Waals surface area contributed by atoms with Crippen molar-refractivity contribution in [2.75, 3.05) is 6.61 Å². The van der Waals surface area contributed by atoms with E-state index in [9.17, 15) is 4.79 Å². The molecule has 0 aromatic rings. The topological polar surface area (TPSA) is 26.3 Å². The quantitative estimate of drug-likeness (QED) is 0.702. The SMILES string of the molecule is CCCOC1(C(=O)CCC)CC(C)CC(C)C1. The minimum absolute atomic E-state index is 0.340. The van der Waals surface area contributed by atoms with Crippen LogP contribution in [-0.4, -0.2) is 18.0 Å². The summed E-state index contributed by atoms with van der Waals surface area (Å²) in [6, 6.07) is 0. The summed E-state index contributed by atoms with van der Waals surface area (Å²) in [6.07, 6.45) is 5.68. The van der Waals surface area contributed by atoms with Crippen LogP contribution in [0.15, 0.2) is 0 Å². The molecule has 0 radical (unpaired) electrons. The molecule has 17 heavy (non-hydrogen) atoms. The molecule has 0 bridgehead atoms. The second kappa shape index (κ2) is 6.53. The molecule has 2 heteroatoms. The van der Waals surface area contributed by atoms with Crippen LogP contribution in [0.3, 0.4) is 0 Å². The van der Waals surface area contributed by atoms with Gasteiger partial charge in [0.1, 0.15) is 5.60 Å². The Labute approximate surface area is 106 Å². The number of carbonyl (C=O) groups is 1. The standard InChI is InChI=1S/C15H28O2/c1-5-7-14(16)15(17-8-6-2)10-12(3)9-13(4)11-15/h12-13H,5-11H2,1-4H3. The van der Waals surface area contributed by atoms with E-state index in [1.165, 1.54) is 6.42 Å². The third-order valence-corrected chi connectivity index (χ3v) is 3.73. The highest BCUT2D eigenvalue weighted by atomic mass is 16.5. The molecular formula is C15H28O2. The number of carbonyl (C=O) groups excluding carboxylic acids is 1. The third-order valence-electron chi connectivity index (χ3n) is 3.73. The molecule has 100 valence electrons. The zero-order valence-corrected chi connectivity index (χ0v) is 11.9. The lowest BCUT2D eigenvalue weighted by Gasteiger charge is -2.41. The van der Waals surface area contributed by atoms with Crippen molar-refractivity contribution in [1.29, 1.82) is 0 Å². The molecule has 0 spiro atoms. The van der Waals surface area contributed by atoms with E-state index < -0.39 is 5.60 Å². The van der Waals surface area contributed by atoms with Crippen molar-refractivity contribution in [1.82, 2.24) is 0 Å². The monoisotopic (exact) mass is 240 g/mol. The molecule has 0 aromatic heterocycles. The second-order valence-electron chi connectivity index (χ2n) is 5.87. The van der Waals surface area contributed by atoms with Gasteiger partial charge in [-0.3, -0.25) is 4.79 Å². The Bertz CT molecular complexity index is 237. The van der Waals surface area contributed by atoms with Gasteiger partial charge in [-0.2, -0.15) is 0 Å². The molecule has 0 amide bonds. The Hall–Kier alpha value is -0.370. The van der Waals surface area contributed by atoms with Crippen molar-refractivity contribution in [3.63, 3.8) is 0 Å². The predicted octanol–water partition coefficient (Wildman–Crippen LogP) is 3.98. The van der Waals surface area contributed by atoms with Gasteiger partial charge in [0.15, 0.2) is 5.78 Å². The number of ketones is 1. The minimum Gasteiger partial charge on any atom is -0.367 e. The molecule has 1 saturated carbocycles. The van der Waals surface area contributed by atoms with E-state index in [1.807, 2.05) is 0 Å². The van der Waals surface area contributed by atoms with Gasteiger partial charge in [-0.15, -0.1) is 0 Å². The Balaban J connectivity index is 2.79. The van der Waals surface area contributed by atoms with Crippen molar-refractivity contribution < 1.29 is 9.53 Å². The molecular weight excluding hydrogens is 212 g/mol. The number of hydrogen-bond acceptors (Lipinski definition) is 2. The normalized spacial score (nSPS) is 33.6. The fourth-order valence-electron chi connectivity index (χ4n) is 3.24. The first-order valence-corrected chi connectivity index (χ1v) is 7.21. The average Bonchev–Trinajstić information content (AvgIpc) is 2.25. The van der Waals surface area contributed by atoms with E-state index in [0.29, 0.717) is 24.0 Å². The second-order valence-corrected chi connectivity index (χ2v) is 5.87. The maximum absolute atomic E-state index is 12.4. The summed E-state index contributed by atoms with van der Waals surface area (Å²) in [4.78, 5) is 12.4. The summed E-state index contributed by atoms with van der Waals surface area (Å²) in [5, 5.41) is 0. The van der Waals surface area contributed by atoms with E-state index in [0.717, 1.165) is 32.3 Å². The fourth-order valence-corrected chi connectivity index (χ4v) is 3.24. The first-order chi connectivity index (χ1) is 8.04. The van der Waals surface area contributed by atoms with Gasteiger partial charge >= 0.3 is 0 Å². The van der Waals surface area contributed by atoms with E-state index in [1.54, 1.807) is 0 Å². The Morgan fingerprint density at radius 3 is 2.24 bits per heavy atom. The molecule has 0 heterocycles. The minimum atomic E-state index is -0.455. The fraction of sp³-hybridized carbons (Fsp3) is 0.933. The molecule has 0 saturated heterocycles. The predicted molar refractivity (Wildman–Crippen MR) is 71.1 cm³/mol. The van der Waals surface area contributed by atoms with Crippen LogP contribution in [-0.2, 0) is 9.53 Å². The zero-order chi connectivity index (χ0) is 12.9. The van der Waals surface area contributed by atoms with Crippen LogP contribution in [0, 0.1) is 11.8 Å². The van der Waals surface area contributed by atoms with Gasteiger partial charge in [-0.1, -0.05) is 27.7 Å². The smallest absolute Gasteiger partial charge is 0.164 e. The van der Waals surface area contributed by atoms with Crippen LogP contribution in [0.1, 0.15) is 66.2 Å². The van der Waals surface area contributed by atoms with E-state index in [2.05, 4.69) is 27.7 Å². The van der Waals surface area contributed by atoms with Crippen molar-refractivity contribution in [2.45, 2.75) is 71.8 Å². The van der Waals surface area contributed by atoms with Crippen LogP contribution >= 0.6 is 0 Å². The van der Waals surface area contributed by atoms with Crippen LogP contribution in [0.25, 0.3) is 0 Å². The van der Waals surface area contributed by atoms with Crippen LogP contribution in [0.2, 0.25) is 0 Å². The molecule has 1 fully saturated rings. The van der Waals surface area contributed by atoms with Gasteiger partial charge in [0.25, 0.3) is 0 Å². The van der Waals surface area contributed by atoms with Gasteiger partial charge in [-0.25, -0.2) is 0 Å². The molecule has 2 nitrogen and oxygen atoms in total. The first-order valence-electron chi connectivity index (χ1n) is 7.21. The van der Waals surface area contributed by atoms with Crippen molar-refractivity contribution >= 4 is 5.78 Å². The number of hydrogen-bond donors (Lipinski definition) is 0. The summed E-state index contributed by atoms with van der Waals surface area (Å²) >= 11 is 0. The van der Waals surface area contributed by atoms with Crippen molar-refractivity contribution in [3.8, 4) is 0 Å². The number of ether oxygens (including phenoxy) is 1. The van der Waals surface area contributed by atoms with Gasteiger partial charge in [0, 0.05) is 13.0 Å². The molecule has 2 unspecified atom stereocenters. The van der Waals surface area contributed by atoms with Crippen LogP contribution < -0.4 is 0 Å². The van der Waals surface area contributed by atoms with Crippen molar-refractivity contribution in [2.24, 2.45) is 11.8 Å². The lowest BCUT2D eigenvalue weighted by Crippen LogP contribution is -2.47. The van der Waals surface area contributed by atoms with Gasteiger partial charge in [-0.05, 0) is 43.9 Å². The molecule has 1 aliphatic carbocycles. The van der Waals surface area contributed by atoms with E-state index in [-0.39, 0.29) is 0 Å². The zero-order valence-electron chi connectivity index (χ0n) is 11.9. The summed E-state index contributed by atoms with van der Waals surface area (Å²) in [5.41, 5.74) is -0.455. The third kappa shape index (κ3) is 3.80. The lowest BCUT2D eigenvalue weighted by atomic mass is 9.71. The number of rotatable bonds is 6. The summed E-state index contributed by atoms with van der Waals surface area (Å²) in [7, 11) is 0. The maximum Gasteiger partial charge on any atom is 0.164 e. The highest BCUT2D eigenvalue weighted by Crippen LogP contribution is 2.40. The number of Topliss-reactive ketones (excluding diaryl/α,β-unsaturated/α-hetero) is 1. The first kappa shape index (κ1) is 14.7. The average molecular weight is 240 g/mol. The van der Waals surface area contributed by atoms with Gasteiger partial charge in [0.2, 0.25) is 0 Å². The Morgan fingerprint density at radius 2 is 1.76 bits per heavy atom. The molecule has 0 aromatic carbocycles. The van der Waals surface area contributed by atoms with E-state index >= 15 is 0 Å². The summed E-state index contributed by atoms with van der Waals surface area (Å²) in [6.45, 7) is 9.39. The molecule has 2 atom stereocenters. The summed E-state index contributed by atoms with van der Waals surface area (Å²) in [5.74, 6) is 1.56. The van der Waals surface area contributed by atoms with Gasteiger partial charge < -0.3 is 4.74 Å². The molecule has 1 rings (SSSR count). The lowest BCUT2D eigenvalue weighted by molar-refractivity contribution is -0.155. The largest absolute Gasteiger partial charge is 0.367 e. The van der Waals surface area contributed by atoms with Gasteiger partial charge in [0.05, 0.1) is 0 Å². The van der Waals surface area contributed by atoms with E-state index in [4.69, 9.17) is 4.74 Å².